The van der Waals surface area contributed by atoms with Crippen LogP contribution in [0.2, 0.25) is 0 Å². The van der Waals surface area contributed by atoms with Crippen molar-refractivity contribution in [1.82, 2.24) is 4.90 Å². The molecule has 1 saturated heterocycles. The molecule has 1 heterocycles. The first kappa shape index (κ1) is 16.1. The average Bonchev–Trinajstić information content (AvgIpc) is 2.46. The minimum Gasteiger partial charge on any atom is -0.384 e. The Morgan fingerprint density at radius 3 is 2.48 bits per heavy atom. The van der Waals surface area contributed by atoms with Gasteiger partial charge in [0, 0.05) is 12.1 Å². The molecule has 0 amide bonds. The Morgan fingerprint density at radius 1 is 1.19 bits per heavy atom. The summed E-state index contributed by atoms with van der Waals surface area (Å²) in [6.45, 7) is 10.3. The average molecular weight is 285 g/mol. The molecule has 0 unspecified atom stereocenters. The molecule has 0 bridgehead atoms. The third-order valence-corrected chi connectivity index (χ3v) is 4.53. The summed E-state index contributed by atoms with van der Waals surface area (Å²) in [6.07, 6.45) is 2.57. The third-order valence-electron chi connectivity index (χ3n) is 4.53. The number of rotatable bonds is 2. The van der Waals surface area contributed by atoms with E-state index in [9.17, 15) is 0 Å². The van der Waals surface area contributed by atoms with E-state index in [-0.39, 0.29) is 6.61 Å². The van der Waals surface area contributed by atoms with E-state index in [4.69, 9.17) is 5.11 Å². The first-order valence-electron chi connectivity index (χ1n) is 7.90. The molecule has 1 aromatic rings. The van der Waals surface area contributed by atoms with Crippen molar-refractivity contribution in [3.05, 3.63) is 35.4 Å². The number of piperidine rings is 1. The molecular formula is C19H27NO. The van der Waals surface area contributed by atoms with Gasteiger partial charge in [0.15, 0.2) is 0 Å². The second-order valence-electron chi connectivity index (χ2n) is 7.03. The van der Waals surface area contributed by atoms with Gasteiger partial charge in [0.2, 0.25) is 0 Å². The zero-order valence-electron chi connectivity index (χ0n) is 13.5. The molecule has 0 spiro atoms. The molecule has 114 valence electrons. The van der Waals surface area contributed by atoms with Gasteiger partial charge >= 0.3 is 0 Å². The number of nitrogens with zero attached hydrogens (tertiary/aromatic N) is 1. The van der Waals surface area contributed by atoms with Gasteiger partial charge in [-0.1, -0.05) is 50.8 Å². The van der Waals surface area contributed by atoms with Crippen molar-refractivity contribution in [3.63, 3.8) is 0 Å². The first-order valence-corrected chi connectivity index (χ1v) is 7.90. The Balaban J connectivity index is 1.98. The molecule has 0 aromatic heterocycles. The molecule has 0 atom stereocenters. The molecule has 0 aliphatic carbocycles. The largest absolute Gasteiger partial charge is 0.384 e. The smallest absolute Gasteiger partial charge is 0.104 e. The minimum atomic E-state index is -0.0781. The molecule has 1 aliphatic rings. The summed E-state index contributed by atoms with van der Waals surface area (Å²) in [7, 11) is 0. The third kappa shape index (κ3) is 4.59. The first-order chi connectivity index (χ1) is 10.0. The van der Waals surface area contributed by atoms with E-state index < -0.39 is 0 Å². The van der Waals surface area contributed by atoms with Crippen LogP contribution in [0.4, 0.5) is 0 Å². The molecule has 2 heteroatoms. The molecule has 1 fully saturated rings. The highest BCUT2D eigenvalue weighted by Gasteiger charge is 2.28. The Labute approximate surface area is 129 Å². The highest BCUT2D eigenvalue weighted by atomic mass is 16.2. The van der Waals surface area contributed by atoms with Gasteiger partial charge in [-0.25, -0.2) is 0 Å². The molecule has 1 N–H and O–H groups in total. The van der Waals surface area contributed by atoms with Crippen LogP contribution in [0.1, 0.15) is 44.7 Å². The lowest BCUT2D eigenvalue weighted by Crippen LogP contribution is -2.37. The van der Waals surface area contributed by atoms with Crippen LogP contribution in [0.15, 0.2) is 24.3 Å². The summed E-state index contributed by atoms with van der Waals surface area (Å²) in [4.78, 5) is 2.53. The normalized spacial score (nSPS) is 17.3. The maximum absolute atomic E-state index is 8.86. The van der Waals surface area contributed by atoms with E-state index in [0.717, 1.165) is 18.0 Å². The maximum atomic E-state index is 8.86. The lowest BCUT2D eigenvalue weighted by Gasteiger charge is -2.38. The molecule has 1 aliphatic heterocycles. The van der Waals surface area contributed by atoms with E-state index in [1.54, 1.807) is 0 Å². The van der Waals surface area contributed by atoms with Crippen LogP contribution in [0.5, 0.6) is 0 Å². The quantitative estimate of drug-likeness (QED) is 0.843. The van der Waals surface area contributed by atoms with Crippen molar-refractivity contribution in [2.45, 2.75) is 40.2 Å². The minimum absolute atomic E-state index is 0.0781. The molecule has 21 heavy (non-hydrogen) atoms. The summed E-state index contributed by atoms with van der Waals surface area (Å²) in [5.41, 5.74) is 2.74. The predicted octanol–water partition coefficient (Wildman–Crippen LogP) is 3.29. The van der Waals surface area contributed by atoms with E-state index in [2.05, 4.69) is 49.6 Å². The van der Waals surface area contributed by atoms with Crippen LogP contribution in [-0.2, 0) is 6.54 Å². The van der Waals surface area contributed by atoms with Crippen LogP contribution < -0.4 is 0 Å². The van der Waals surface area contributed by atoms with Gasteiger partial charge in [0.05, 0.1) is 0 Å². The lowest BCUT2D eigenvalue weighted by atomic mass is 9.75. The standard InChI is InChI=1S/C19H27NO/c1-19(2,3)18-10-12-20(13-11-18)15-17-8-5-4-7-16(17)9-6-14-21/h4-5,7-8,18,21H,10-15H2,1-3H3. The van der Waals surface area contributed by atoms with Crippen LogP contribution in [0.3, 0.4) is 0 Å². The number of hydrogen-bond donors (Lipinski definition) is 1. The molecule has 2 nitrogen and oxygen atoms in total. The summed E-state index contributed by atoms with van der Waals surface area (Å²) >= 11 is 0. The van der Waals surface area contributed by atoms with Crippen LogP contribution in [0, 0.1) is 23.2 Å². The highest BCUT2D eigenvalue weighted by molar-refractivity contribution is 5.41. The van der Waals surface area contributed by atoms with Gasteiger partial charge in [0.25, 0.3) is 0 Å². The fraction of sp³-hybridized carbons (Fsp3) is 0.579. The van der Waals surface area contributed by atoms with Gasteiger partial charge in [-0.05, 0) is 48.9 Å². The second kappa shape index (κ2) is 7.11. The Morgan fingerprint density at radius 2 is 1.86 bits per heavy atom. The number of hydrogen-bond acceptors (Lipinski definition) is 2. The number of likely N-dealkylation sites (tertiary alicyclic amines) is 1. The zero-order chi connectivity index (χ0) is 15.3. The number of aliphatic hydroxyl groups is 1. The molecule has 1 aromatic carbocycles. The van der Waals surface area contributed by atoms with E-state index in [0.29, 0.717) is 5.41 Å². The molecule has 0 radical (unpaired) electrons. The van der Waals surface area contributed by atoms with Crippen molar-refractivity contribution in [2.24, 2.45) is 11.3 Å². The van der Waals surface area contributed by atoms with Gasteiger partial charge in [-0.3, -0.25) is 4.90 Å². The topological polar surface area (TPSA) is 23.5 Å². The van der Waals surface area contributed by atoms with E-state index >= 15 is 0 Å². The van der Waals surface area contributed by atoms with E-state index in [1.807, 2.05) is 12.1 Å². The van der Waals surface area contributed by atoms with E-state index in [1.165, 1.54) is 31.5 Å². The van der Waals surface area contributed by atoms with Crippen molar-refractivity contribution < 1.29 is 5.11 Å². The zero-order valence-corrected chi connectivity index (χ0v) is 13.5. The summed E-state index contributed by atoms with van der Waals surface area (Å²) in [5.74, 6) is 6.65. The molecule has 2 rings (SSSR count). The van der Waals surface area contributed by atoms with Crippen LogP contribution >= 0.6 is 0 Å². The fourth-order valence-electron chi connectivity index (χ4n) is 3.11. The SMILES string of the molecule is CC(C)(C)C1CCN(Cc2ccccc2C#CCO)CC1. The maximum Gasteiger partial charge on any atom is 0.104 e. The monoisotopic (exact) mass is 285 g/mol. The summed E-state index contributed by atoms with van der Waals surface area (Å²) in [5, 5.41) is 8.86. The van der Waals surface area contributed by atoms with Crippen molar-refractivity contribution in [2.75, 3.05) is 19.7 Å². The Bertz CT molecular complexity index is 510. The molecule has 0 saturated carbocycles. The van der Waals surface area contributed by atoms with Crippen molar-refractivity contribution in [3.8, 4) is 11.8 Å². The fourth-order valence-corrected chi connectivity index (χ4v) is 3.11. The predicted molar refractivity (Wildman–Crippen MR) is 87.9 cm³/mol. The second-order valence-corrected chi connectivity index (χ2v) is 7.03. The Kier molecular flexibility index (Phi) is 5.45. The van der Waals surface area contributed by atoms with Gasteiger partial charge in [-0.15, -0.1) is 0 Å². The Hall–Kier alpha value is -1.30. The summed E-state index contributed by atoms with van der Waals surface area (Å²) in [6, 6.07) is 8.27. The lowest BCUT2D eigenvalue weighted by molar-refractivity contribution is 0.108. The summed E-state index contributed by atoms with van der Waals surface area (Å²) < 4.78 is 0. The number of aliphatic hydroxyl groups excluding tert-OH is 1. The van der Waals surface area contributed by atoms with Crippen molar-refractivity contribution >= 4 is 0 Å². The van der Waals surface area contributed by atoms with Crippen LogP contribution in [-0.4, -0.2) is 29.7 Å². The van der Waals surface area contributed by atoms with Crippen LogP contribution in [0.25, 0.3) is 0 Å². The highest BCUT2D eigenvalue weighted by Crippen LogP contribution is 2.34. The van der Waals surface area contributed by atoms with Gasteiger partial charge < -0.3 is 5.11 Å². The number of benzene rings is 1. The van der Waals surface area contributed by atoms with Crippen molar-refractivity contribution in [1.29, 1.82) is 0 Å². The van der Waals surface area contributed by atoms with Gasteiger partial charge in [0.1, 0.15) is 6.61 Å². The van der Waals surface area contributed by atoms with Gasteiger partial charge in [-0.2, -0.15) is 0 Å². The molecular weight excluding hydrogens is 258 g/mol.